The summed E-state index contributed by atoms with van der Waals surface area (Å²) in [4.78, 5) is 0. The first kappa shape index (κ1) is 23.3. The van der Waals surface area contributed by atoms with Crippen LogP contribution in [-0.4, -0.2) is 13.2 Å². The molecule has 0 unspecified atom stereocenters. The molecule has 0 amide bonds. The molecule has 0 atom stereocenters. The van der Waals surface area contributed by atoms with Crippen LogP contribution in [0.5, 0.6) is 11.5 Å². The molecule has 0 aromatic heterocycles. The summed E-state index contributed by atoms with van der Waals surface area (Å²) < 4.78 is 39.0. The maximum Gasteiger partial charge on any atom is 0.166 e. The summed E-state index contributed by atoms with van der Waals surface area (Å²) in [5.74, 6) is 10.5. The second-order valence-electron chi connectivity index (χ2n) is 6.90. The van der Waals surface area contributed by atoms with Gasteiger partial charge in [0.2, 0.25) is 0 Å². The fraction of sp³-hybridized carbons (Fsp3) is 0.385. The van der Waals surface area contributed by atoms with Gasteiger partial charge in [0.05, 0.1) is 13.2 Å². The average Bonchev–Trinajstić information content (AvgIpc) is 2.74. The molecule has 4 heteroatoms. The molecule has 2 rings (SSSR count). The second-order valence-corrected chi connectivity index (χ2v) is 6.90. The minimum absolute atomic E-state index is 0.232. The number of unbranched alkanes of at least 4 members (excludes halogenated alkanes) is 4. The lowest BCUT2D eigenvalue weighted by atomic mass is 10.2. The minimum Gasteiger partial charge on any atom is -0.491 e. The zero-order chi connectivity index (χ0) is 21.6. The minimum atomic E-state index is -0.442. The van der Waals surface area contributed by atoms with Gasteiger partial charge < -0.3 is 9.47 Å². The van der Waals surface area contributed by atoms with Crippen molar-refractivity contribution < 1.29 is 18.3 Å². The Hall–Kier alpha value is -2.98. The van der Waals surface area contributed by atoms with E-state index in [9.17, 15) is 8.78 Å². The summed E-state index contributed by atoms with van der Waals surface area (Å²) in [6, 6.07) is 9.19. The van der Waals surface area contributed by atoms with E-state index in [2.05, 4.69) is 37.5 Å². The van der Waals surface area contributed by atoms with E-state index in [1.54, 1.807) is 24.3 Å². The number of hydrogen-bond acceptors (Lipinski definition) is 2. The van der Waals surface area contributed by atoms with E-state index < -0.39 is 11.6 Å². The van der Waals surface area contributed by atoms with Gasteiger partial charge in [-0.25, -0.2) is 8.78 Å². The van der Waals surface area contributed by atoms with Crippen molar-refractivity contribution >= 4 is 0 Å². The van der Waals surface area contributed by atoms with Crippen LogP contribution in [0, 0.1) is 35.3 Å². The summed E-state index contributed by atoms with van der Waals surface area (Å²) in [5, 5.41) is 0. The van der Waals surface area contributed by atoms with Crippen LogP contribution >= 0.6 is 0 Å². The van der Waals surface area contributed by atoms with Gasteiger partial charge in [-0.05, 0) is 61.1 Å². The number of halogens is 2. The normalized spacial score (nSPS) is 9.87. The first-order valence-corrected chi connectivity index (χ1v) is 10.5. The highest BCUT2D eigenvalue weighted by Gasteiger charge is 2.04. The van der Waals surface area contributed by atoms with Gasteiger partial charge in [-0.1, -0.05) is 51.4 Å². The van der Waals surface area contributed by atoms with Gasteiger partial charge in [-0.2, -0.15) is 0 Å². The van der Waals surface area contributed by atoms with Crippen molar-refractivity contribution in [2.45, 2.75) is 52.4 Å². The molecule has 0 saturated heterocycles. The van der Waals surface area contributed by atoms with Crippen LogP contribution in [0.1, 0.15) is 63.5 Å². The van der Waals surface area contributed by atoms with Crippen LogP contribution in [0.4, 0.5) is 8.78 Å². The quantitative estimate of drug-likeness (QED) is 0.328. The Morgan fingerprint density at radius 3 is 1.47 bits per heavy atom. The van der Waals surface area contributed by atoms with Gasteiger partial charge >= 0.3 is 0 Å². The highest BCUT2D eigenvalue weighted by Crippen LogP contribution is 2.19. The lowest BCUT2D eigenvalue weighted by Gasteiger charge is -2.06. The number of benzene rings is 2. The molecule has 0 aliphatic heterocycles. The Labute approximate surface area is 178 Å². The van der Waals surface area contributed by atoms with Gasteiger partial charge in [-0.3, -0.25) is 0 Å². The molecule has 0 saturated carbocycles. The predicted octanol–water partition coefficient (Wildman–Crippen LogP) is 6.51. The summed E-state index contributed by atoms with van der Waals surface area (Å²) in [6.45, 7) is 5.21. The van der Waals surface area contributed by atoms with E-state index >= 15 is 0 Å². The van der Waals surface area contributed by atoms with Crippen molar-refractivity contribution in [3.8, 4) is 35.2 Å². The van der Waals surface area contributed by atoms with E-state index in [0.717, 1.165) is 38.5 Å². The lowest BCUT2D eigenvalue weighted by Crippen LogP contribution is -1.99. The molecule has 2 nitrogen and oxygen atoms in total. The smallest absolute Gasteiger partial charge is 0.166 e. The van der Waals surface area contributed by atoms with Gasteiger partial charge in [0.1, 0.15) is 0 Å². The maximum absolute atomic E-state index is 14.1. The zero-order valence-electron chi connectivity index (χ0n) is 17.7. The maximum atomic E-state index is 14.1. The molecule has 0 fully saturated rings. The van der Waals surface area contributed by atoms with Crippen molar-refractivity contribution in [1.82, 2.24) is 0 Å². The summed E-state index contributed by atoms with van der Waals surface area (Å²) >= 11 is 0. The van der Waals surface area contributed by atoms with Crippen LogP contribution in [0.2, 0.25) is 0 Å². The Morgan fingerprint density at radius 1 is 0.667 bits per heavy atom. The van der Waals surface area contributed by atoms with Gasteiger partial charge in [-0.15, -0.1) is 0 Å². The molecule has 158 valence electrons. The van der Waals surface area contributed by atoms with Gasteiger partial charge in [0.25, 0.3) is 0 Å². The fourth-order valence-corrected chi connectivity index (χ4v) is 2.67. The molecular weight excluding hydrogens is 382 g/mol. The van der Waals surface area contributed by atoms with E-state index in [4.69, 9.17) is 9.47 Å². The summed E-state index contributed by atoms with van der Waals surface area (Å²) in [5.41, 5.74) is 1.01. The Morgan fingerprint density at radius 2 is 1.10 bits per heavy atom. The zero-order valence-corrected chi connectivity index (χ0v) is 17.7. The van der Waals surface area contributed by atoms with Gasteiger partial charge in [0, 0.05) is 11.1 Å². The van der Waals surface area contributed by atoms with Crippen LogP contribution in [0.25, 0.3) is 0 Å². The molecular formula is C26H28F2O2. The molecule has 0 aliphatic rings. The van der Waals surface area contributed by atoms with Crippen molar-refractivity contribution in [3.63, 3.8) is 0 Å². The third-order valence-corrected chi connectivity index (χ3v) is 4.35. The highest BCUT2D eigenvalue weighted by molar-refractivity contribution is 5.46. The molecule has 0 radical (unpaired) electrons. The highest BCUT2D eigenvalue weighted by atomic mass is 19.1. The van der Waals surface area contributed by atoms with Crippen LogP contribution in [0.15, 0.2) is 36.4 Å². The Balaban J connectivity index is 1.93. The number of hydrogen-bond donors (Lipinski definition) is 0. The molecule has 0 aliphatic carbocycles. The van der Waals surface area contributed by atoms with E-state index in [0.29, 0.717) is 24.3 Å². The van der Waals surface area contributed by atoms with Crippen LogP contribution in [-0.2, 0) is 0 Å². The van der Waals surface area contributed by atoms with Crippen molar-refractivity contribution in [2.75, 3.05) is 13.2 Å². The SMILES string of the molecule is CCCCCOc1ccc(C#CC#Cc2ccc(OCCCCC)c(F)c2)cc1F. The van der Waals surface area contributed by atoms with Crippen molar-refractivity contribution in [2.24, 2.45) is 0 Å². The second kappa shape index (κ2) is 13.3. The average molecular weight is 411 g/mol. The third-order valence-electron chi connectivity index (χ3n) is 4.35. The topological polar surface area (TPSA) is 18.5 Å². The predicted molar refractivity (Wildman–Crippen MR) is 117 cm³/mol. The first-order valence-electron chi connectivity index (χ1n) is 10.5. The standard InChI is InChI=1S/C26H28F2O2/c1-3-5-9-17-29-25-15-13-21(19-23(25)27)11-7-8-12-22-14-16-26(24(28)20-22)30-18-10-6-4-2/h13-16,19-20H,3-6,9-10,17-18H2,1-2H3. The van der Waals surface area contributed by atoms with Crippen molar-refractivity contribution in [1.29, 1.82) is 0 Å². The monoisotopic (exact) mass is 410 g/mol. The molecule has 30 heavy (non-hydrogen) atoms. The first-order chi connectivity index (χ1) is 14.6. The van der Waals surface area contributed by atoms with Gasteiger partial charge in [0.15, 0.2) is 23.1 Å². The Kier molecular flexibility index (Phi) is 10.3. The van der Waals surface area contributed by atoms with Crippen LogP contribution < -0.4 is 9.47 Å². The lowest BCUT2D eigenvalue weighted by molar-refractivity contribution is 0.291. The number of ether oxygens (including phenoxy) is 2. The molecule has 2 aromatic carbocycles. The number of rotatable bonds is 10. The van der Waals surface area contributed by atoms with Crippen molar-refractivity contribution in [3.05, 3.63) is 59.2 Å². The van der Waals surface area contributed by atoms with E-state index in [-0.39, 0.29) is 11.5 Å². The molecule has 0 heterocycles. The largest absolute Gasteiger partial charge is 0.491 e. The van der Waals surface area contributed by atoms with E-state index in [1.807, 2.05) is 0 Å². The fourth-order valence-electron chi connectivity index (χ4n) is 2.67. The molecule has 0 bridgehead atoms. The third kappa shape index (κ3) is 8.18. The Bertz CT molecular complexity index is 852. The molecule has 0 N–H and O–H groups in total. The summed E-state index contributed by atoms with van der Waals surface area (Å²) in [7, 11) is 0. The van der Waals surface area contributed by atoms with E-state index in [1.165, 1.54) is 12.1 Å². The summed E-state index contributed by atoms with van der Waals surface area (Å²) in [6.07, 6.45) is 6.10. The molecule has 0 spiro atoms. The molecule has 2 aromatic rings. The van der Waals surface area contributed by atoms with Crippen LogP contribution in [0.3, 0.4) is 0 Å².